The fourth-order valence-corrected chi connectivity index (χ4v) is 12.6. The van der Waals surface area contributed by atoms with E-state index >= 15 is 0 Å². The van der Waals surface area contributed by atoms with Crippen molar-refractivity contribution >= 4 is 109 Å². The molecule has 14 rings (SSSR count). The Bertz CT molecular complexity index is 4580. The van der Waals surface area contributed by atoms with Crippen molar-refractivity contribution in [3.8, 4) is 16.8 Å². The predicted molar refractivity (Wildman–Crippen MR) is 308 cm³/mol. The quantitative estimate of drug-likeness (QED) is 0.164. The monoisotopic (exact) mass is 919 g/mol. The van der Waals surface area contributed by atoms with Crippen LogP contribution in [0.15, 0.2) is 152 Å². The Morgan fingerprint density at radius 3 is 1.39 bits per heavy atom. The first-order chi connectivity index (χ1) is 33.8. The number of fused-ring (bicyclic) bond motifs is 18. The predicted octanol–water partition coefficient (Wildman–Crippen LogP) is 19.1. The second-order valence-electron chi connectivity index (χ2n) is 25.1. The zero-order chi connectivity index (χ0) is 49.0. The molecule has 0 radical (unpaired) electrons. The first-order valence-corrected chi connectivity index (χ1v) is 25.8. The van der Waals surface area contributed by atoms with Crippen molar-refractivity contribution in [2.24, 2.45) is 0 Å². The maximum atomic E-state index is 2.67. The number of benzene rings is 9. The highest BCUT2D eigenvalue weighted by atomic mass is 15.0. The van der Waals surface area contributed by atoms with Gasteiger partial charge >= 0.3 is 0 Å². The normalized spacial score (nSPS) is 13.6. The summed E-state index contributed by atoms with van der Waals surface area (Å²) in [6, 6.07) is 59.0. The minimum atomic E-state index is -0.0762. The van der Waals surface area contributed by atoms with Gasteiger partial charge in [-0.1, -0.05) is 144 Å². The average Bonchev–Trinajstić information content (AvgIpc) is 4.12. The molecule has 0 unspecified atom stereocenters. The third-order valence-electron chi connectivity index (χ3n) is 16.4. The van der Waals surface area contributed by atoms with E-state index in [2.05, 4.69) is 248 Å². The Labute approximate surface area is 415 Å². The molecule has 348 valence electrons. The summed E-state index contributed by atoms with van der Waals surface area (Å²) in [5.74, 6) is 0. The Kier molecular flexibility index (Phi) is 8.22. The summed E-state index contributed by atoms with van der Waals surface area (Å²) in [4.78, 5) is 0. The molecular formula is C68H61N3. The summed E-state index contributed by atoms with van der Waals surface area (Å²) in [7, 11) is 0. The van der Waals surface area contributed by atoms with E-state index in [0.717, 1.165) is 0 Å². The molecule has 14 aromatic rings. The van der Waals surface area contributed by atoms with Crippen LogP contribution in [0, 0.1) is 0 Å². The van der Waals surface area contributed by atoms with E-state index in [1.807, 2.05) is 0 Å². The van der Waals surface area contributed by atoms with Crippen LogP contribution >= 0.6 is 0 Å². The van der Waals surface area contributed by atoms with Gasteiger partial charge in [0, 0.05) is 70.5 Å². The van der Waals surface area contributed by atoms with E-state index < -0.39 is 0 Å². The molecule has 5 heterocycles. The molecule has 71 heavy (non-hydrogen) atoms. The number of aromatic nitrogens is 3. The molecule has 0 N–H and O–H groups in total. The van der Waals surface area contributed by atoms with E-state index in [0.29, 0.717) is 0 Å². The van der Waals surface area contributed by atoms with Gasteiger partial charge in [0.2, 0.25) is 0 Å². The minimum Gasteiger partial charge on any atom is -0.309 e. The maximum Gasteiger partial charge on any atom is 0.0621 e. The van der Waals surface area contributed by atoms with Gasteiger partial charge in [-0.3, -0.25) is 0 Å². The van der Waals surface area contributed by atoms with Crippen LogP contribution in [-0.4, -0.2) is 13.4 Å². The molecule has 0 aliphatic rings. The first-order valence-electron chi connectivity index (χ1n) is 25.8. The zero-order valence-corrected chi connectivity index (χ0v) is 43.3. The largest absolute Gasteiger partial charge is 0.309 e. The smallest absolute Gasteiger partial charge is 0.0621 e. The van der Waals surface area contributed by atoms with Crippen LogP contribution in [-0.2, 0) is 21.7 Å². The topological polar surface area (TPSA) is 13.8 Å². The highest BCUT2D eigenvalue weighted by Crippen LogP contribution is 2.51. The van der Waals surface area contributed by atoms with Gasteiger partial charge in [-0.2, -0.15) is 0 Å². The number of hydrogen-bond donors (Lipinski definition) is 0. The number of nitrogens with zero attached hydrogens (tertiary/aromatic N) is 3. The number of rotatable bonds is 2. The molecule has 3 heteroatoms. The van der Waals surface area contributed by atoms with Crippen molar-refractivity contribution in [1.82, 2.24) is 13.4 Å². The van der Waals surface area contributed by atoms with Gasteiger partial charge < -0.3 is 13.4 Å². The molecule has 3 nitrogen and oxygen atoms in total. The maximum absolute atomic E-state index is 2.67. The summed E-state index contributed by atoms with van der Waals surface area (Å²) in [5, 5.41) is 15.9. The first kappa shape index (κ1) is 42.5. The summed E-state index contributed by atoms with van der Waals surface area (Å²) >= 11 is 0. The second kappa shape index (κ2) is 13.7. The highest BCUT2D eigenvalue weighted by Gasteiger charge is 2.30. The molecule has 0 saturated heterocycles. The van der Waals surface area contributed by atoms with Crippen molar-refractivity contribution in [3.63, 3.8) is 0 Å². The van der Waals surface area contributed by atoms with Crippen LogP contribution in [0.4, 0.5) is 0 Å². The van der Waals surface area contributed by atoms with Crippen LogP contribution in [0.3, 0.4) is 0 Å². The summed E-state index contributed by atoms with van der Waals surface area (Å²) in [5.41, 5.74) is 19.2. The number of para-hydroxylation sites is 2. The fourth-order valence-electron chi connectivity index (χ4n) is 12.6. The third kappa shape index (κ3) is 5.78. The van der Waals surface area contributed by atoms with Crippen LogP contribution in [0.5, 0.6) is 0 Å². The van der Waals surface area contributed by atoms with Crippen molar-refractivity contribution in [3.05, 3.63) is 174 Å². The van der Waals surface area contributed by atoms with E-state index in [4.69, 9.17) is 0 Å². The average molecular weight is 920 g/mol. The van der Waals surface area contributed by atoms with Gasteiger partial charge in [-0.15, -0.1) is 0 Å². The third-order valence-corrected chi connectivity index (χ3v) is 16.4. The van der Waals surface area contributed by atoms with Crippen LogP contribution in [0.2, 0.25) is 0 Å². The van der Waals surface area contributed by atoms with Crippen molar-refractivity contribution in [2.75, 3.05) is 0 Å². The zero-order valence-electron chi connectivity index (χ0n) is 43.3. The van der Waals surface area contributed by atoms with Crippen LogP contribution in [0.25, 0.3) is 126 Å². The van der Waals surface area contributed by atoms with Crippen LogP contribution < -0.4 is 0 Å². The van der Waals surface area contributed by atoms with E-state index in [9.17, 15) is 0 Å². The lowest BCUT2D eigenvalue weighted by Crippen LogP contribution is -2.11. The van der Waals surface area contributed by atoms with E-state index in [1.54, 1.807) is 0 Å². The van der Waals surface area contributed by atoms with Crippen molar-refractivity contribution in [2.45, 2.75) is 105 Å². The fraction of sp³-hybridized carbons (Fsp3) is 0.235. The Morgan fingerprint density at radius 2 is 0.761 bits per heavy atom. The van der Waals surface area contributed by atoms with Crippen molar-refractivity contribution < 1.29 is 0 Å². The molecular weight excluding hydrogens is 859 g/mol. The molecule has 5 aromatic heterocycles. The van der Waals surface area contributed by atoms with Gasteiger partial charge in [0.05, 0.1) is 44.1 Å². The van der Waals surface area contributed by atoms with Gasteiger partial charge in [0.15, 0.2) is 0 Å². The molecule has 0 fully saturated rings. The Balaban J connectivity index is 1.17. The lowest BCUT2D eigenvalue weighted by molar-refractivity contribution is 0.590. The SMILES string of the molecule is CC(C)(C)c1ccc2c(c1)c1cc(C(C)(C)C)cc3c4c5c(ccc4n2c13)ccc1c5c2cc(C(C)(C)C)cc3c4cc(C(C)(C)C)cc(-c5ccc6c(c5)c5ccccc5n6-c5ccccc5)c4n1c32. The Hall–Kier alpha value is -7.36. The molecule has 0 spiro atoms. The molecule has 9 aromatic carbocycles. The Morgan fingerprint density at radius 1 is 0.296 bits per heavy atom. The number of hydrogen-bond acceptors (Lipinski definition) is 0. The van der Waals surface area contributed by atoms with Gasteiger partial charge in [-0.05, 0) is 146 Å². The molecule has 0 aliphatic heterocycles. The minimum absolute atomic E-state index is 0.0394. The highest BCUT2D eigenvalue weighted by molar-refractivity contribution is 6.38. The van der Waals surface area contributed by atoms with Gasteiger partial charge in [-0.25, -0.2) is 0 Å². The van der Waals surface area contributed by atoms with Gasteiger partial charge in [0.25, 0.3) is 0 Å². The second-order valence-corrected chi connectivity index (χ2v) is 25.1. The summed E-state index contributed by atoms with van der Waals surface area (Å²) < 4.78 is 7.68. The standard InChI is InChI=1S/C68H61N3/c1-65(2,3)40-25-29-56-48(31-40)49-33-42(67(7,8)9)36-52-60-57(70(56)63(49)52)27-22-38-23-28-58-61(59(38)60)53-37-43(68(10,11)12)35-51-50-34-41(66(4,5)6)32-46(62(50)71(58)64(51)53)39-24-26-55-47(30-39)45-20-16-17-21-54(45)69(55)44-18-14-13-15-19-44/h13-37H,1-12H3. The van der Waals surface area contributed by atoms with Gasteiger partial charge in [0.1, 0.15) is 0 Å². The molecule has 0 atom stereocenters. The molecule has 0 bridgehead atoms. The van der Waals surface area contributed by atoms with E-state index in [-0.39, 0.29) is 21.7 Å². The van der Waals surface area contributed by atoms with E-state index in [1.165, 1.54) is 148 Å². The molecule has 0 amide bonds. The molecule has 0 saturated carbocycles. The summed E-state index contributed by atoms with van der Waals surface area (Å²) in [6.07, 6.45) is 0. The molecule has 0 aliphatic carbocycles. The van der Waals surface area contributed by atoms with Crippen molar-refractivity contribution in [1.29, 1.82) is 0 Å². The summed E-state index contributed by atoms with van der Waals surface area (Å²) in [6.45, 7) is 28.3. The van der Waals surface area contributed by atoms with Crippen LogP contribution in [0.1, 0.15) is 105 Å². The lowest BCUT2D eigenvalue weighted by Gasteiger charge is -2.22. The lowest BCUT2D eigenvalue weighted by atomic mass is 9.82.